The molecule has 0 saturated heterocycles. The molecule has 0 heterocycles. The molecule has 0 bridgehead atoms. The third-order valence-electron chi connectivity index (χ3n) is 0. The van der Waals surface area contributed by atoms with E-state index in [1.807, 2.05) is 0 Å². The first-order chi connectivity index (χ1) is 8.00. The molecule has 0 unspecified atom stereocenters. The summed E-state index contributed by atoms with van der Waals surface area (Å²) in [6, 6.07) is 0. The molecule has 0 N–H and O–H groups in total. The van der Waals surface area contributed by atoms with E-state index in [1.165, 1.54) is 0 Å². The predicted octanol–water partition coefficient (Wildman–Crippen LogP) is -11.2. The maximum atomic E-state index is 8.58. The molecule has 0 fully saturated rings. The van der Waals surface area contributed by atoms with Gasteiger partial charge >= 0.3 is 219 Å². The van der Waals surface area contributed by atoms with Crippen molar-refractivity contribution in [1.82, 2.24) is 0 Å². The first-order valence-corrected chi connectivity index (χ1v) is 10.2. The Hall–Kier alpha value is 3.47. The summed E-state index contributed by atoms with van der Waals surface area (Å²) in [6.07, 6.45) is 0. The van der Waals surface area contributed by atoms with Gasteiger partial charge in [-0.1, -0.05) is 0 Å². The molecule has 0 amide bonds. The van der Waals surface area contributed by atoms with Crippen LogP contribution >= 0.6 is 0 Å². The largest absolute Gasteiger partial charge is 2.00 e. The molecule has 0 rings (SSSR count). The van der Waals surface area contributed by atoms with Gasteiger partial charge in [0.05, 0.1) is 0 Å². The number of hydrogen-bond acceptors (Lipinski definition) is 16. The molecular formula is GaLaMn4O16Sr. The Labute approximate surface area is 214 Å². The van der Waals surface area contributed by atoms with E-state index in [0.29, 0.717) is 0 Å². The van der Waals surface area contributed by atoms with Gasteiger partial charge in [0.2, 0.25) is 0 Å². The van der Waals surface area contributed by atoms with E-state index in [1.54, 1.807) is 0 Å². The summed E-state index contributed by atoms with van der Waals surface area (Å²) in [7, 11) is 0. The van der Waals surface area contributed by atoms with E-state index in [9.17, 15) is 0 Å². The van der Waals surface area contributed by atoms with Gasteiger partial charge in [0.1, 0.15) is 0 Å². The molecule has 16 nitrogen and oxygen atoms in total. The molecule has 0 spiro atoms. The standard InChI is InChI=1S/Ga.La.4Mn.16O.Sr/q2*+3;;;;;;;;;;;;;8*-1;+2. The number of hydrogen-bond donors (Lipinski definition) is 0. The van der Waals surface area contributed by atoms with Crippen molar-refractivity contribution in [3.8, 4) is 0 Å². The van der Waals surface area contributed by atoms with E-state index >= 15 is 0 Å². The van der Waals surface area contributed by atoms with Gasteiger partial charge in [-0.3, -0.25) is 0 Å². The minimum absolute atomic E-state index is 0. The average molecular weight is 772 g/mol. The van der Waals surface area contributed by atoms with Crippen molar-refractivity contribution in [2.45, 2.75) is 0 Å². The molecule has 0 saturated carbocycles. The molecule has 0 atom stereocenters. The fourth-order valence-electron chi connectivity index (χ4n) is 0. The Morgan fingerprint density at radius 3 is 0.391 bits per heavy atom. The van der Waals surface area contributed by atoms with Gasteiger partial charge in [-0.25, -0.2) is 0 Å². The summed E-state index contributed by atoms with van der Waals surface area (Å²) >= 11 is -22.5. The van der Waals surface area contributed by atoms with Crippen LogP contribution in [0.15, 0.2) is 0 Å². The van der Waals surface area contributed by atoms with Crippen LogP contribution in [0.3, 0.4) is 0 Å². The molecule has 0 aromatic carbocycles. The van der Waals surface area contributed by atoms with Crippen molar-refractivity contribution < 1.29 is 153 Å². The number of rotatable bonds is 0. The van der Waals surface area contributed by atoms with Gasteiger partial charge in [0.15, 0.2) is 0 Å². The zero-order valence-electron chi connectivity index (χ0n) is 9.91. The van der Waals surface area contributed by atoms with Gasteiger partial charge in [0.25, 0.3) is 0 Å². The Bertz CT molecular complexity index is 485. The predicted molar refractivity (Wildman–Crippen MR) is 17.0 cm³/mol. The van der Waals surface area contributed by atoms with E-state index in [2.05, 4.69) is 0 Å². The topological polar surface area (TPSA) is 321 Å². The zero-order valence-corrected chi connectivity index (χ0v) is 24.2. The molecule has 132 valence electrons. The van der Waals surface area contributed by atoms with Crippen LogP contribution in [0.2, 0.25) is 0 Å². The van der Waals surface area contributed by atoms with Crippen molar-refractivity contribution in [3.05, 3.63) is 0 Å². The van der Waals surface area contributed by atoms with Gasteiger partial charge in [-0.15, -0.1) is 0 Å². The van der Waals surface area contributed by atoms with E-state index in [4.69, 9.17) is 64.2 Å². The Kier molecular flexibility index (Phi) is 39.8. The molecule has 0 aromatic heterocycles. The van der Waals surface area contributed by atoms with E-state index in [-0.39, 0.29) is 101 Å². The molecule has 0 aliphatic carbocycles. The Morgan fingerprint density at radius 1 is 0.391 bits per heavy atom. The Morgan fingerprint density at radius 2 is 0.391 bits per heavy atom. The summed E-state index contributed by atoms with van der Waals surface area (Å²) in [5.41, 5.74) is 0. The maximum absolute atomic E-state index is 8.58. The SMILES string of the molecule is [Ga+3].[La+3].[O]=[Mn](=[O])([O-])[O-].[O]=[Mn](=[O])([O-])[O-].[O]=[Mn](=[O])([O-])[O-].[O]=[Mn](=[O])([O-])[O-].[Sr+2]. The molecule has 0 aliphatic rings. The maximum Gasteiger partial charge on any atom is 2.00 e. The van der Waals surface area contributed by atoms with E-state index < -0.39 is 53.5 Å². The normalized spacial score (nSPS) is 10.1. The molecule has 0 aliphatic heterocycles. The van der Waals surface area contributed by atoms with Gasteiger partial charge in [-0.05, 0) is 0 Å². The van der Waals surface area contributed by atoms with Crippen molar-refractivity contribution >= 4 is 65.3 Å². The van der Waals surface area contributed by atoms with Crippen molar-refractivity contribution in [2.24, 2.45) is 0 Å². The molecule has 0 aromatic rings. The van der Waals surface area contributed by atoms with Crippen LogP contribution in [0.1, 0.15) is 0 Å². The fraction of sp³-hybridized carbons (Fsp3) is 0. The molecule has 23 heteroatoms. The third kappa shape index (κ3) is 1170. The van der Waals surface area contributed by atoms with Gasteiger partial charge < -0.3 is 0 Å². The summed E-state index contributed by atoms with van der Waals surface area (Å²) < 4.78 is 137. The van der Waals surface area contributed by atoms with Crippen LogP contribution in [0, 0.1) is 35.6 Å². The summed E-state index contributed by atoms with van der Waals surface area (Å²) in [5, 5.41) is 0. The van der Waals surface area contributed by atoms with Gasteiger partial charge in [-0.2, -0.15) is 0 Å². The fourth-order valence-corrected chi connectivity index (χ4v) is 0. The zero-order chi connectivity index (χ0) is 18.0. The van der Waals surface area contributed by atoms with Crippen LogP contribution in [-0.4, -0.2) is 65.3 Å². The molecular weight excluding hydrogens is 772 g/mol. The van der Waals surface area contributed by atoms with Crippen molar-refractivity contribution in [1.29, 1.82) is 0 Å². The van der Waals surface area contributed by atoms with Crippen molar-refractivity contribution in [3.63, 3.8) is 0 Å². The third-order valence-corrected chi connectivity index (χ3v) is 0. The van der Waals surface area contributed by atoms with Crippen LogP contribution in [0.5, 0.6) is 0 Å². The summed E-state index contributed by atoms with van der Waals surface area (Å²) in [4.78, 5) is 0. The minimum Gasteiger partial charge on any atom is 2.00 e. The second kappa shape index (κ2) is 20.2. The van der Waals surface area contributed by atoms with Gasteiger partial charge in [0, 0.05) is 0 Å². The average Bonchev–Trinajstić information content (AvgIpc) is 1.62. The quantitative estimate of drug-likeness (QED) is 0.206. The second-order valence-corrected chi connectivity index (χ2v) is 6.23. The molecule has 0 radical (unpaired) electrons. The van der Waals surface area contributed by atoms with Crippen LogP contribution in [-0.2, 0) is 84.2 Å². The monoisotopic (exact) mass is 771 g/mol. The van der Waals surface area contributed by atoms with Crippen LogP contribution in [0.4, 0.5) is 0 Å². The van der Waals surface area contributed by atoms with Crippen molar-refractivity contribution in [2.75, 3.05) is 0 Å². The first kappa shape index (κ1) is 45.3. The molecule has 23 heavy (non-hydrogen) atoms. The first-order valence-electron chi connectivity index (χ1n) is 2.47. The smallest absolute Gasteiger partial charge is 2.00 e. The van der Waals surface area contributed by atoms with Crippen LogP contribution < -0.4 is 33.5 Å². The van der Waals surface area contributed by atoms with E-state index in [0.717, 1.165) is 0 Å². The Balaban J connectivity index is -0.0000000284. The summed E-state index contributed by atoms with van der Waals surface area (Å²) in [5.74, 6) is 0. The minimum atomic E-state index is -5.62. The second-order valence-electron chi connectivity index (χ2n) is 1.51. The summed E-state index contributed by atoms with van der Waals surface area (Å²) in [6.45, 7) is 0. The van der Waals surface area contributed by atoms with Crippen LogP contribution in [0.25, 0.3) is 0 Å².